The number of benzene rings is 1. The molecule has 0 saturated carbocycles. The molecule has 0 saturated heterocycles. The summed E-state index contributed by atoms with van der Waals surface area (Å²) in [5.41, 5.74) is 9.25. The van der Waals surface area contributed by atoms with Crippen LogP contribution in [-0.4, -0.2) is 12.5 Å². The molecule has 2 N–H and O–H groups in total. The van der Waals surface area contributed by atoms with Crippen molar-refractivity contribution in [1.29, 1.82) is 0 Å². The highest BCUT2D eigenvalue weighted by molar-refractivity contribution is 6.10. The molecule has 2 aromatic rings. The lowest BCUT2D eigenvalue weighted by Crippen LogP contribution is -2.15. The van der Waals surface area contributed by atoms with Crippen molar-refractivity contribution in [1.82, 2.24) is 4.48 Å². The van der Waals surface area contributed by atoms with E-state index in [1.807, 2.05) is 20.8 Å². The lowest BCUT2D eigenvalue weighted by Gasteiger charge is -2.19. The number of halogens is 5. The van der Waals surface area contributed by atoms with Crippen LogP contribution in [-0.2, 0) is 6.42 Å². The predicted octanol–water partition coefficient (Wildman–Crippen LogP) is 5.22. The fraction of sp³-hybridized carbons (Fsp3) is 0.364. The van der Waals surface area contributed by atoms with Crippen LogP contribution in [0.2, 0.25) is 0 Å². The van der Waals surface area contributed by atoms with E-state index in [-0.39, 0.29) is 11.3 Å². The van der Waals surface area contributed by atoms with Crippen LogP contribution in [0.3, 0.4) is 0 Å². The second-order valence-electron chi connectivity index (χ2n) is 7.44. The van der Waals surface area contributed by atoms with Crippen molar-refractivity contribution in [3.05, 3.63) is 74.0 Å². The average Bonchev–Trinajstić information content (AvgIpc) is 2.94. The van der Waals surface area contributed by atoms with Crippen LogP contribution < -0.4 is 5.73 Å². The average molecular weight is 424 g/mol. The molecule has 30 heavy (non-hydrogen) atoms. The van der Waals surface area contributed by atoms with Crippen molar-refractivity contribution >= 4 is 13.6 Å². The third kappa shape index (κ3) is 3.57. The van der Waals surface area contributed by atoms with Gasteiger partial charge in [0, 0.05) is 22.7 Å². The molecule has 0 fully saturated rings. The van der Waals surface area contributed by atoms with E-state index in [0.29, 0.717) is 29.7 Å². The maximum absolute atomic E-state index is 14.9. The lowest BCUT2D eigenvalue weighted by atomic mass is 9.91. The first-order chi connectivity index (χ1) is 13.9. The van der Waals surface area contributed by atoms with Crippen LogP contribution >= 0.6 is 0 Å². The highest BCUT2D eigenvalue weighted by Crippen LogP contribution is 2.38. The first-order valence-electron chi connectivity index (χ1n) is 9.75. The smallest absolute Gasteiger partial charge is 0.223 e. The minimum atomic E-state index is -2.20. The second kappa shape index (κ2) is 8.70. The molecule has 2 nitrogen and oxygen atoms in total. The van der Waals surface area contributed by atoms with Gasteiger partial charge in [-0.15, -0.1) is 0 Å². The van der Waals surface area contributed by atoms with E-state index in [0.717, 1.165) is 16.8 Å². The molecule has 2 rings (SSSR count). The minimum absolute atomic E-state index is 0.0242. The maximum Gasteiger partial charge on any atom is 0.223 e. The van der Waals surface area contributed by atoms with Crippen molar-refractivity contribution in [3.63, 3.8) is 0 Å². The zero-order valence-corrected chi connectivity index (χ0v) is 18.3. The first kappa shape index (κ1) is 23.8. The number of allylic oxidation sites excluding steroid dienone is 2. The van der Waals surface area contributed by atoms with Gasteiger partial charge in [-0.1, -0.05) is 19.4 Å². The van der Waals surface area contributed by atoms with Gasteiger partial charge in [-0.2, -0.15) is 0 Å². The van der Waals surface area contributed by atoms with Gasteiger partial charge in [0.05, 0.1) is 5.56 Å². The molecule has 0 aliphatic rings. The van der Waals surface area contributed by atoms with Gasteiger partial charge in [0.25, 0.3) is 0 Å². The van der Waals surface area contributed by atoms with Crippen LogP contribution in [0.15, 0.2) is 16.8 Å². The maximum atomic E-state index is 14.9. The van der Waals surface area contributed by atoms with Gasteiger partial charge in [-0.05, 0) is 57.2 Å². The highest BCUT2D eigenvalue weighted by atomic mass is 19.2. The molecule has 1 aromatic heterocycles. The monoisotopic (exact) mass is 424 g/mol. The Morgan fingerprint density at radius 2 is 1.37 bits per heavy atom. The van der Waals surface area contributed by atoms with Gasteiger partial charge >= 0.3 is 0 Å². The Balaban J connectivity index is 3.16. The zero-order valence-electron chi connectivity index (χ0n) is 18.3. The van der Waals surface area contributed by atoms with Crippen molar-refractivity contribution < 1.29 is 22.0 Å². The molecular weight excluding hydrogens is 398 g/mol. The van der Waals surface area contributed by atoms with Crippen molar-refractivity contribution in [2.24, 2.45) is 5.73 Å². The van der Waals surface area contributed by atoms with Crippen molar-refractivity contribution in [3.8, 4) is 0 Å². The van der Waals surface area contributed by atoms with E-state index < -0.39 is 34.6 Å². The van der Waals surface area contributed by atoms with Gasteiger partial charge < -0.3 is 10.2 Å². The molecule has 1 aromatic carbocycles. The Morgan fingerprint density at radius 1 is 0.900 bits per heavy atom. The van der Waals surface area contributed by atoms with E-state index in [1.165, 1.54) is 0 Å². The Bertz CT molecular complexity index is 1050. The summed E-state index contributed by atoms with van der Waals surface area (Å²) in [7, 11) is 1.68. The van der Waals surface area contributed by atoms with Crippen LogP contribution in [0.25, 0.3) is 5.57 Å². The van der Waals surface area contributed by atoms with Gasteiger partial charge in [-0.3, -0.25) is 0 Å². The molecule has 0 atom stereocenters. The lowest BCUT2D eigenvalue weighted by molar-refractivity contribution is 0.376. The predicted molar refractivity (Wildman–Crippen MR) is 112 cm³/mol. The number of rotatable bonds is 5. The quantitative estimate of drug-likeness (QED) is 0.230. The summed E-state index contributed by atoms with van der Waals surface area (Å²) in [6, 6.07) is 0. The largest absolute Gasteiger partial charge is 0.398 e. The van der Waals surface area contributed by atoms with Crippen LogP contribution in [0.1, 0.15) is 62.2 Å². The molecule has 0 aliphatic carbocycles. The summed E-state index contributed by atoms with van der Waals surface area (Å²) in [4.78, 5) is 0. The topological polar surface area (TPSA) is 30.9 Å². The molecule has 0 bridgehead atoms. The van der Waals surface area contributed by atoms with Crippen LogP contribution in [0.4, 0.5) is 22.0 Å². The molecule has 162 valence electrons. The third-order valence-electron chi connectivity index (χ3n) is 5.98. The summed E-state index contributed by atoms with van der Waals surface area (Å²) in [5, 5.41) is 0. The molecule has 0 aliphatic heterocycles. The fourth-order valence-electron chi connectivity index (χ4n) is 3.80. The Morgan fingerprint density at radius 3 is 1.77 bits per heavy atom. The van der Waals surface area contributed by atoms with Gasteiger partial charge in [0.2, 0.25) is 13.8 Å². The zero-order chi connectivity index (χ0) is 23.1. The Kier molecular flexibility index (Phi) is 6.89. The number of hydrogen-bond donors (Lipinski definition) is 1. The summed E-state index contributed by atoms with van der Waals surface area (Å²) in [6.45, 7) is 10.9. The molecular formula is C22H26BF5N2. The standard InChI is InChI=1S/C22H26BF5N2/c1-7-9(3)10(4)21(29)15(22-11(5)13(8-2)12(6)30(22)23)14-16(24)18(26)20(28)19(27)17(14)25/h7-8,23,29H2,1-6H3/b10-9+,21-15-. The fourth-order valence-corrected chi connectivity index (χ4v) is 3.80. The number of nitrogens with two attached hydrogens (primary N) is 1. The molecule has 0 unspecified atom stereocenters. The van der Waals surface area contributed by atoms with Crippen LogP contribution in [0, 0.1) is 42.9 Å². The van der Waals surface area contributed by atoms with E-state index in [1.54, 1.807) is 33.2 Å². The highest BCUT2D eigenvalue weighted by Gasteiger charge is 2.32. The number of hydrogen-bond acceptors (Lipinski definition) is 1. The van der Waals surface area contributed by atoms with E-state index in [9.17, 15) is 22.0 Å². The van der Waals surface area contributed by atoms with Gasteiger partial charge in [-0.25, -0.2) is 22.0 Å². The Labute approximate surface area is 174 Å². The molecule has 0 radical (unpaired) electrons. The van der Waals surface area contributed by atoms with Crippen molar-refractivity contribution in [2.75, 3.05) is 0 Å². The van der Waals surface area contributed by atoms with Gasteiger partial charge in [0.1, 0.15) is 0 Å². The first-order valence-corrected chi connectivity index (χ1v) is 9.75. The number of aromatic nitrogens is 1. The van der Waals surface area contributed by atoms with E-state index in [2.05, 4.69) is 0 Å². The van der Waals surface area contributed by atoms with Gasteiger partial charge in [0.15, 0.2) is 23.3 Å². The molecule has 1 heterocycles. The molecule has 0 spiro atoms. The minimum Gasteiger partial charge on any atom is -0.398 e. The third-order valence-corrected chi connectivity index (χ3v) is 5.98. The summed E-state index contributed by atoms with van der Waals surface area (Å²) in [6.07, 6.45) is 1.25. The van der Waals surface area contributed by atoms with E-state index >= 15 is 0 Å². The summed E-state index contributed by atoms with van der Waals surface area (Å²) >= 11 is 0. The van der Waals surface area contributed by atoms with Crippen molar-refractivity contribution in [2.45, 2.75) is 54.4 Å². The summed E-state index contributed by atoms with van der Waals surface area (Å²) in [5.74, 6) is -9.99. The molecule has 8 heteroatoms. The number of nitrogens with zero attached hydrogens (tertiary/aromatic N) is 1. The Hall–Kier alpha value is -2.51. The summed E-state index contributed by atoms with van der Waals surface area (Å²) < 4.78 is 73.3. The SMILES string of the molecule is Bn1c(C)c(CC)c(C)c1/C(=C(N)/C(C)=C(\C)CC)c1c(F)c(F)c(F)c(F)c1F. The van der Waals surface area contributed by atoms with Crippen LogP contribution in [0.5, 0.6) is 0 Å². The van der Waals surface area contributed by atoms with E-state index in [4.69, 9.17) is 5.73 Å². The second-order valence-corrected chi connectivity index (χ2v) is 7.44. The molecule has 0 amide bonds. The normalized spacial score (nSPS) is 13.4.